The third-order valence-electron chi connectivity index (χ3n) is 4.63. The molecule has 3 rings (SSSR count). The first-order chi connectivity index (χ1) is 14.8. The summed E-state index contributed by atoms with van der Waals surface area (Å²) in [7, 11) is 0. The van der Waals surface area contributed by atoms with Crippen LogP contribution in [-0.4, -0.2) is 22.8 Å². The Kier molecular flexibility index (Phi) is 7.52. The summed E-state index contributed by atoms with van der Waals surface area (Å²) in [6.45, 7) is -0.287. The number of carbonyl (C=O) groups is 1. The van der Waals surface area contributed by atoms with Gasteiger partial charge in [-0.2, -0.15) is 0 Å². The lowest BCUT2D eigenvalue weighted by atomic mass is 9.86. The highest BCUT2D eigenvalue weighted by Crippen LogP contribution is 2.37. The molecule has 31 heavy (non-hydrogen) atoms. The Morgan fingerprint density at radius 1 is 0.839 bits per heavy atom. The van der Waals surface area contributed by atoms with Gasteiger partial charge in [-0.25, -0.2) is 4.79 Å². The van der Waals surface area contributed by atoms with Gasteiger partial charge in [0.25, 0.3) is 0 Å². The van der Waals surface area contributed by atoms with Gasteiger partial charge in [0.1, 0.15) is 6.61 Å². The molecule has 0 atom stereocenters. The fourth-order valence-electron chi connectivity index (χ4n) is 2.94. The molecule has 0 amide bonds. The second kappa shape index (κ2) is 9.94. The quantitative estimate of drug-likeness (QED) is 0.294. The molecule has 0 bridgehead atoms. The molecule has 0 aliphatic heterocycles. The van der Waals surface area contributed by atoms with Crippen molar-refractivity contribution in [3.05, 3.63) is 110 Å². The Morgan fingerprint density at radius 2 is 1.35 bits per heavy atom. The standard InChI is InChI=1S/C23H16Cl4O4/c24-18-8-6-16(10-20(18)26)23(30,17-7-9-19(25)21(27)11-17)22(29)31-13-15(12-28)14-4-2-1-3-5-14/h1-12,28,30H,13H2. The van der Waals surface area contributed by atoms with Crippen molar-refractivity contribution in [1.29, 1.82) is 0 Å². The van der Waals surface area contributed by atoms with E-state index >= 15 is 0 Å². The van der Waals surface area contributed by atoms with Crippen molar-refractivity contribution in [2.45, 2.75) is 5.60 Å². The summed E-state index contributed by atoms with van der Waals surface area (Å²) < 4.78 is 5.39. The number of benzene rings is 3. The van der Waals surface area contributed by atoms with Crippen LogP contribution in [0.5, 0.6) is 0 Å². The summed E-state index contributed by atoms with van der Waals surface area (Å²) in [5, 5.41) is 21.9. The molecule has 0 saturated carbocycles. The highest BCUT2D eigenvalue weighted by atomic mass is 35.5. The molecule has 0 fully saturated rings. The van der Waals surface area contributed by atoms with Gasteiger partial charge in [0.15, 0.2) is 0 Å². The summed E-state index contributed by atoms with van der Waals surface area (Å²) in [6, 6.07) is 17.4. The zero-order chi connectivity index (χ0) is 22.6. The predicted molar refractivity (Wildman–Crippen MR) is 124 cm³/mol. The van der Waals surface area contributed by atoms with Crippen molar-refractivity contribution in [3.8, 4) is 0 Å². The number of ether oxygens (including phenoxy) is 1. The highest BCUT2D eigenvalue weighted by Gasteiger charge is 2.42. The molecule has 0 saturated heterocycles. The number of rotatable bonds is 6. The lowest BCUT2D eigenvalue weighted by Gasteiger charge is -2.28. The molecule has 4 nitrogen and oxygen atoms in total. The van der Waals surface area contributed by atoms with E-state index < -0.39 is 11.6 Å². The topological polar surface area (TPSA) is 66.8 Å². The van der Waals surface area contributed by atoms with Crippen molar-refractivity contribution in [2.75, 3.05) is 6.61 Å². The number of hydrogen-bond donors (Lipinski definition) is 2. The van der Waals surface area contributed by atoms with Crippen LogP contribution < -0.4 is 0 Å². The van der Waals surface area contributed by atoms with E-state index in [1.165, 1.54) is 36.4 Å². The lowest BCUT2D eigenvalue weighted by Crippen LogP contribution is -2.39. The van der Waals surface area contributed by atoms with Crippen molar-refractivity contribution in [2.24, 2.45) is 0 Å². The molecule has 0 aliphatic carbocycles. The van der Waals surface area contributed by atoms with Gasteiger partial charge in [0.05, 0.1) is 26.4 Å². The molecular weight excluding hydrogens is 482 g/mol. The van der Waals surface area contributed by atoms with Gasteiger partial charge in [0, 0.05) is 16.7 Å². The maximum absolute atomic E-state index is 13.2. The fraction of sp³-hybridized carbons (Fsp3) is 0.0870. The zero-order valence-electron chi connectivity index (χ0n) is 15.9. The Hall–Kier alpha value is -2.21. The van der Waals surface area contributed by atoms with Crippen LogP contribution in [0.2, 0.25) is 20.1 Å². The van der Waals surface area contributed by atoms with Crippen LogP contribution >= 0.6 is 46.4 Å². The smallest absolute Gasteiger partial charge is 0.348 e. The van der Waals surface area contributed by atoms with Gasteiger partial charge in [-0.15, -0.1) is 0 Å². The van der Waals surface area contributed by atoms with E-state index in [1.807, 2.05) is 6.07 Å². The summed E-state index contributed by atoms with van der Waals surface area (Å²) in [5.41, 5.74) is -1.01. The molecule has 0 heterocycles. The van der Waals surface area contributed by atoms with Crippen molar-refractivity contribution in [1.82, 2.24) is 0 Å². The molecule has 2 N–H and O–H groups in total. The van der Waals surface area contributed by atoms with Crippen molar-refractivity contribution < 1.29 is 19.7 Å². The molecule has 0 unspecified atom stereocenters. The first-order valence-corrected chi connectivity index (χ1v) is 10.5. The van der Waals surface area contributed by atoms with Gasteiger partial charge in [-0.1, -0.05) is 88.9 Å². The van der Waals surface area contributed by atoms with E-state index in [1.54, 1.807) is 24.3 Å². The Labute approximate surface area is 199 Å². The number of aliphatic hydroxyl groups is 2. The first-order valence-electron chi connectivity index (χ1n) is 8.96. The SMILES string of the molecule is O=C(OCC(=CO)c1ccccc1)C(O)(c1ccc(Cl)c(Cl)c1)c1ccc(Cl)c(Cl)c1. The van der Waals surface area contributed by atoms with E-state index in [0.29, 0.717) is 11.1 Å². The Morgan fingerprint density at radius 3 is 1.81 bits per heavy atom. The summed E-state index contributed by atoms with van der Waals surface area (Å²) >= 11 is 24.2. The average Bonchev–Trinajstić information content (AvgIpc) is 2.78. The number of hydrogen-bond acceptors (Lipinski definition) is 4. The van der Waals surface area contributed by atoms with Gasteiger partial charge >= 0.3 is 5.97 Å². The van der Waals surface area contributed by atoms with Crippen molar-refractivity contribution in [3.63, 3.8) is 0 Å². The minimum absolute atomic E-state index is 0.125. The normalized spacial score (nSPS) is 12.0. The third kappa shape index (κ3) is 5.00. The van der Waals surface area contributed by atoms with Crippen LogP contribution in [0.4, 0.5) is 0 Å². The van der Waals surface area contributed by atoms with E-state index in [2.05, 4.69) is 0 Å². The van der Waals surface area contributed by atoms with Crippen LogP contribution in [0.3, 0.4) is 0 Å². The Balaban J connectivity index is 2.00. The summed E-state index contributed by atoms with van der Waals surface area (Å²) in [6.07, 6.45) is 0.847. The zero-order valence-corrected chi connectivity index (χ0v) is 18.9. The second-order valence-corrected chi connectivity index (χ2v) is 8.19. The van der Waals surface area contributed by atoms with Gasteiger partial charge in [0.2, 0.25) is 5.60 Å². The largest absolute Gasteiger partial charge is 0.515 e. The minimum Gasteiger partial charge on any atom is -0.515 e. The van der Waals surface area contributed by atoms with E-state index in [-0.39, 0.29) is 37.8 Å². The minimum atomic E-state index is -2.26. The van der Waals surface area contributed by atoms with Crippen LogP contribution in [0.25, 0.3) is 5.57 Å². The van der Waals surface area contributed by atoms with Gasteiger partial charge in [-0.3, -0.25) is 0 Å². The van der Waals surface area contributed by atoms with Crippen LogP contribution in [-0.2, 0) is 15.1 Å². The first kappa shape index (κ1) is 23.5. The van der Waals surface area contributed by atoms with Gasteiger partial charge < -0.3 is 14.9 Å². The fourth-order valence-corrected chi connectivity index (χ4v) is 3.54. The van der Waals surface area contributed by atoms with E-state index in [4.69, 9.17) is 51.1 Å². The molecule has 0 aliphatic rings. The second-order valence-electron chi connectivity index (χ2n) is 6.56. The molecular formula is C23H16Cl4O4. The number of aliphatic hydroxyl groups excluding tert-OH is 1. The molecule has 8 heteroatoms. The van der Waals surface area contributed by atoms with Crippen LogP contribution in [0.15, 0.2) is 73.0 Å². The van der Waals surface area contributed by atoms with Crippen molar-refractivity contribution >= 4 is 57.9 Å². The highest BCUT2D eigenvalue weighted by molar-refractivity contribution is 6.42. The van der Waals surface area contributed by atoms with Crippen LogP contribution in [0, 0.1) is 0 Å². The molecule has 160 valence electrons. The van der Waals surface area contributed by atoms with E-state index in [0.717, 1.165) is 6.26 Å². The molecule has 0 aromatic heterocycles. The predicted octanol–water partition coefficient (Wildman–Crippen LogP) is 6.68. The summed E-state index contributed by atoms with van der Waals surface area (Å²) in [4.78, 5) is 13.2. The molecule has 0 radical (unpaired) electrons. The average molecular weight is 498 g/mol. The number of carbonyl (C=O) groups excluding carboxylic acids is 1. The molecule has 3 aromatic rings. The third-order valence-corrected chi connectivity index (χ3v) is 6.11. The molecule has 0 spiro atoms. The van der Waals surface area contributed by atoms with E-state index in [9.17, 15) is 15.0 Å². The Bertz CT molecular complexity index is 1080. The monoisotopic (exact) mass is 496 g/mol. The lowest BCUT2D eigenvalue weighted by molar-refractivity contribution is -0.160. The summed E-state index contributed by atoms with van der Waals surface area (Å²) in [5.74, 6) is -1.00. The number of esters is 1. The number of halogens is 4. The molecule has 3 aromatic carbocycles. The van der Waals surface area contributed by atoms with Crippen LogP contribution in [0.1, 0.15) is 16.7 Å². The maximum atomic E-state index is 13.2. The maximum Gasteiger partial charge on any atom is 0.348 e. The van der Waals surface area contributed by atoms with Gasteiger partial charge in [-0.05, 0) is 29.8 Å².